The molecule has 4 heteroatoms. The maximum atomic E-state index is 11.6. The van der Waals surface area contributed by atoms with Crippen LogP contribution >= 0.6 is 0 Å². The number of hydrogen-bond donors (Lipinski definition) is 2. The van der Waals surface area contributed by atoms with Gasteiger partial charge in [0.2, 0.25) is 5.91 Å². The molecule has 1 aliphatic heterocycles. The van der Waals surface area contributed by atoms with Gasteiger partial charge in [0, 0.05) is 24.7 Å². The van der Waals surface area contributed by atoms with Gasteiger partial charge in [-0.2, -0.15) is 0 Å². The molecule has 0 radical (unpaired) electrons. The van der Waals surface area contributed by atoms with E-state index in [1.165, 1.54) is 25.7 Å². The fraction of sp³-hybridized carbons (Fsp3) is 0.588. The second-order valence-electron chi connectivity index (χ2n) is 6.38. The highest BCUT2D eigenvalue weighted by Crippen LogP contribution is 2.30. The number of piperidine rings is 1. The number of amides is 1. The Morgan fingerprint density at radius 1 is 1.19 bits per heavy atom. The first-order valence-corrected chi connectivity index (χ1v) is 8.06. The van der Waals surface area contributed by atoms with Crippen LogP contribution in [0.1, 0.15) is 41.6 Å². The zero-order valence-electron chi connectivity index (χ0n) is 12.6. The monoisotopic (exact) mass is 287 g/mol. The Hall–Kier alpha value is -1.39. The number of nitrogens with zero attached hydrogens (tertiary/aromatic N) is 1. The number of hydrogen-bond acceptors (Lipinski definition) is 3. The highest BCUT2D eigenvalue weighted by Gasteiger charge is 2.31. The predicted molar refractivity (Wildman–Crippen MR) is 84.0 cm³/mol. The zero-order chi connectivity index (χ0) is 14.7. The zero-order valence-corrected chi connectivity index (χ0v) is 12.6. The lowest BCUT2D eigenvalue weighted by atomic mass is 9.97. The van der Waals surface area contributed by atoms with E-state index in [1.54, 1.807) is 0 Å². The molecule has 3 rings (SSSR count). The van der Waals surface area contributed by atoms with Gasteiger partial charge in [0.05, 0.1) is 0 Å². The SMILES string of the molecule is NC(=O)c1ccccc1CN(CC1CCNCC1)C1CC1. The first-order valence-electron chi connectivity index (χ1n) is 8.06. The van der Waals surface area contributed by atoms with Crippen LogP contribution in [0.5, 0.6) is 0 Å². The molecule has 0 spiro atoms. The molecule has 1 saturated heterocycles. The molecular weight excluding hydrogens is 262 g/mol. The summed E-state index contributed by atoms with van der Waals surface area (Å²) in [7, 11) is 0. The first kappa shape index (κ1) is 14.5. The summed E-state index contributed by atoms with van der Waals surface area (Å²) in [6.07, 6.45) is 5.12. The number of rotatable bonds is 6. The van der Waals surface area contributed by atoms with Gasteiger partial charge in [0.1, 0.15) is 0 Å². The molecule has 4 nitrogen and oxygen atoms in total. The number of benzene rings is 1. The standard InChI is InChI=1S/C17H25N3O/c18-17(21)16-4-2-1-3-14(16)12-20(15-5-6-15)11-13-7-9-19-10-8-13/h1-4,13,15,19H,5-12H2,(H2,18,21). The molecule has 1 amide bonds. The van der Waals surface area contributed by atoms with Crippen LogP contribution in [-0.4, -0.2) is 36.5 Å². The van der Waals surface area contributed by atoms with Gasteiger partial charge in [-0.15, -0.1) is 0 Å². The Morgan fingerprint density at radius 3 is 2.57 bits per heavy atom. The predicted octanol–water partition coefficient (Wildman–Crippen LogP) is 1.75. The second-order valence-corrected chi connectivity index (χ2v) is 6.38. The summed E-state index contributed by atoms with van der Waals surface area (Å²) < 4.78 is 0. The highest BCUT2D eigenvalue weighted by molar-refractivity contribution is 5.94. The Bertz CT molecular complexity index is 493. The van der Waals surface area contributed by atoms with Gasteiger partial charge in [-0.1, -0.05) is 18.2 Å². The molecule has 1 heterocycles. The number of nitrogens with two attached hydrogens (primary N) is 1. The van der Waals surface area contributed by atoms with Gasteiger partial charge in [-0.05, 0) is 56.3 Å². The summed E-state index contributed by atoms with van der Waals surface area (Å²) >= 11 is 0. The van der Waals surface area contributed by atoms with Gasteiger partial charge >= 0.3 is 0 Å². The third-order valence-electron chi connectivity index (χ3n) is 4.67. The van der Waals surface area contributed by atoms with E-state index in [0.717, 1.165) is 37.7 Å². The minimum absolute atomic E-state index is 0.316. The Morgan fingerprint density at radius 2 is 1.90 bits per heavy atom. The van der Waals surface area contributed by atoms with E-state index in [0.29, 0.717) is 11.6 Å². The minimum Gasteiger partial charge on any atom is -0.366 e. The van der Waals surface area contributed by atoms with Crippen LogP contribution in [0, 0.1) is 5.92 Å². The summed E-state index contributed by atoms with van der Waals surface area (Å²) in [5.41, 5.74) is 7.25. The molecule has 1 saturated carbocycles. The van der Waals surface area contributed by atoms with Crippen LogP contribution in [0.15, 0.2) is 24.3 Å². The maximum Gasteiger partial charge on any atom is 0.249 e. The summed E-state index contributed by atoms with van der Waals surface area (Å²) in [5.74, 6) is 0.468. The van der Waals surface area contributed by atoms with Crippen LogP contribution in [-0.2, 0) is 6.54 Å². The van der Waals surface area contributed by atoms with Crippen LogP contribution < -0.4 is 11.1 Å². The smallest absolute Gasteiger partial charge is 0.249 e. The van der Waals surface area contributed by atoms with E-state index in [4.69, 9.17) is 5.73 Å². The van der Waals surface area contributed by atoms with Crippen LogP contribution in [0.3, 0.4) is 0 Å². The molecule has 21 heavy (non-hydrogen) atoms. The molecule has 2 fully saturated rings. The molecule has 1 aromatic carbocycles. The molecule has 3 N–H and O–H groups in total. The Labute approximate surface area is 126 Å². The van der Waals surface area contributed by atoms with E-state index in [2.05, 4.69) is 10.2 Å². The normalized spacial score (nSPS) is 19.9. The van der Waals surface area contributed by atoms with E-state index in [1.807, 2.05) is 24.3 Å². The molecule has 1 aliphatic carbocycles. The van der Waals surface area contributed by atoms with E-state index in [-0.39, 0.29) is 5.91 Å². The number of carbonyl (C=O) groups is 1. The Balaban J connectivity index is 1.69. The van der Waals surface area contributed by atoms with Crippen molar-refractivity contribution < 1.29 is 4.79 Å². The molecule has 114 valence electrons. The van der Waals surface area contributed by atoms with Crippen molar-refractivity contribution in [3.05, 3.63) is 35.4 Å². The van der Waals surface area contributed by atoms with Crippen LogP contribution in [0.4, 0.5) is 0 Å². The van der Waals surface area contributed by atoms with Crippen molar-refractivity contribution in [2.24, 2.45) is 11.7 Å². The first-order chi connectivity index (χ1) is 10.2. The van der Waals surface area contributed by atoms with Crippen molar-refractivity contribution >= 4 is 5.91 Å². The van der Waals surface area contributed by atoms with Crippen molar-refractivity contribution in [2.75, 3.05) is 19.6 Å². The lowest BCUT2D eigenvalue weighted by molar-refractivity contribution is 0.0997. The number of nitrogens with one attached hydrogen (secondary N) is 1. The summed E-state index contributed by atoms with van der Waals surface area (Å²) in [4.78, 5) is 14.1. The molecule has 0 atom stereocenters. The quantitative estimate of drug-likeness (QED) is 0.838. The van der Waals surface area contributed by atoms with Gasteiger partial charge in [0.25, 0.3) is 0 Å². The second kappa shape index (κ2) is 6.58. The van der Waals surface area contributed by atoms with Gasteiger partial charge in [-0.3, -0.25) is 9.69 Å². The van der Waals surface area contributed by atoms with Crippen molar-refractivity contribution in [1.82, 2.24) is 10.2 Å². The Kier molecular flexibility index (Phi) is 4.56. The largest absolute Gasteiger partial charge is 0.366 e. The third kappa shape index (κ3) is 3.83. The minimum atomic E-state index is -0.316. The summed E-state index contributed by atoms with van der Waals surface area (Å²) in [6.45, 7) is 4.29. The van der Waals surface area contributed by atoms with E-state index < -0.39 is 0 Å². The van der Waals surface area contributed by atoms with E-state index >= 15 is 0 Å². The van der Waals surface area contributed by atoms with Gasteiger partial charge in [-0.25, -0.2) is 0 Å². The summed E-state index contributed by atoms with van der Waals surface area (Å²) in [5, 5.41) is 3.43. The van der Waals surface area contributed by atoms with Crippen LogP contribution in [0.2, 0.25) is 0 Å². The van der Waals surface area contributed by atoms with Crippen molar-refractivity contribution in [2.45, 2.75) is 38.3 Å². The fourth-order valence-corrected chi connectivity index (χ4v) is 3.30. The average Bonchev–Trinajstić information content (AvgIpc) is 3.33. The number of primary amides is 1. The third-order valence-corrected chi connectivity index (χ3v) is 4.67. The number of carbonyl (C=O) groups excluding carboxylic acids is 1. The fourth-order valence-electron chi connectivity index (χ4n) is 3.30. The van der Waals surface area contributed by atoms with Gasteiger partial charge in [0.15, 0.2) is 0 Å². The van der Waals surface area contributed by atoms with Crippen molar-refractivity contribution in [3.8, 4) is 0 Å². The lowest BCUT2D eigenvalue weighted by Crippen LogP contribution is -2.37. The topological polar surface area (TPSA) is 58.4 Å². The average molecular weight is 287 g/mol. The molecular formula is C17H25N3O. The van der Waals surface area contributed by atoms with Gasteiger partial charge < -0.3 is 11.1 Å². The van der Waals surface area contributed by atoms with Crippen molar-refractivity contribution in [1.29, 1.82) is 0 Å². The highest BCUT2D eigenvalue weighted by atomic mass is 16.1. The van der Waals surface area contributed by atoms with Crippen molar-refractivity contribution in [3.63, 3.8) is 0 Å². The van der Waals surface area contributed by atoms with Crippen LogP contribution in [0.25, 0.3) is 0 Å². The maximum absolute atomic E-state index is 11.6. The molecule has 0 unspecified atom stereocenters. The van der Waals surface area contributed by atoms with E-state index in [9.17, 15) is 4.79 Å². The summed E-state index contributed by atoms with van der Waals surface area (Å²) in [6, 6.07) is 8.47. The molecule has 0 aromatic heterocycles. The molecule has 1 aromatic rings. The molecule has 2 aliphatic rings. The molecule has 0 bridgehead atoms. The lowest BCUT2D eigenvalue weighted by Gasteiger charge is -2.30.